The van der Waals surface area contributed by atoms with Crippen LogP contribution < -0.4 is 14.8 Å². The molecule has 7 nitrogen and oxygen atoms in total. The van der Waals surface area contributed by atoms with E-state index in [0.29, 0.717) is 6.54 Å². The summed E-state index contributed by atoms with van der Waals surface area (Å²) in [5.41, 5.74) is 3.17. The zero-order chi connectivity index (χ0) is 27.6. The fourth-order valence-corrected chi connectivity index (χ4v) is 4.11. The molecule has 1 fully saturated rings. The molecule has 1 N–H and O–H groups in total. The summed E-state index contributed by atoms with van der Waals surface area (Å²) in [6, 6.07) is 14.0. The third-order valence-electron chi connectivity index (χ3n) is 6.59. The Kier molecular flexibility index (Phi) is 18.3. The number of para-hydroxylation sites is 1. The quantitative estimate of drug-likeness (QED) is 0.286. The monoisotopic (exact) mass is 563 g/mol. The van der Waals surface area contributed by atoms with Crippen LogP contribution in [-0.4, -0.2) is 81.4 Å². The zero-order valence-electron chi connectivity index (χ0n) is 24.7. The van der Waals surface area contributed by atoms with Gasteiger partial charge in [-0.15, -0.1) is 12.4 Å². The predicted molar refractivity (Wildman–Crippen MR) is 164 cm³/mol. The van der Waals surface area contributed by atoms with Gasteiger partial charge in [0.25, 0.3) is 0 Å². The largest absolute Gasteiger partial charge is 0.494 e. The molecule has 0 spiro atoms. The highest BCUT2D eigenvalue weighted by molar-refractivity contribution is 5.93. The normalized spacial score (nSPS) is 13.2. The second-order valence-electron chi connectivity index (χ2n) is 9.61. The summed E-state index contributed by atoms with van der Waals surface area (Å²) < 4.78 is 16.7. The van der Waals surface area contributed by atoms with Crippen LogP contribution >= 0.6 is 12.4 Å². The van der Waals surface area contributed by atoms with Crippen LogP contribution in [0.2, 0.25) is 0 Å². The second-order valence-corrected chi connectivity index (χ2v) is 9.61. The van der Waals surface area contributed by atoms with Gasteiger partial charge in [0, 0.05) is 25.3 Å². The van der Waals surface area contributed by atoms with E-state index in [9.17, 15) is 4.79 Å². The molecule has 8 heteroatoms. The van der Waals surface area contributed by atoms with E-state index in [0.717, 1.165) is 107 Å². The van der Waals surface area contributed by atoms with Crippen molar-refractivity contribution in [2.24, 2.45) is 0 Å². The number of amides is 1. The number of halogens is 1. The van der Waals surface area contributed by atoms with Crippen molar-refractivity contribution in [2.45, 2.75) is 53.9 Å². The molecule has 3 rings (SSSR count). The summed E-state index contributed by atoms with van der Waals surface area (Å²) in [5.74, 6) is 1.90. The zero-order valence-corrected chi connectivity index (χ0v) is 25.5. The molecular weight excluding hydrogens is 514 g/mol. The van der Waals surface area contributed by atoms with Gasteiger partial charge in [0.1, 0.15) is 11.5 Å². The minimum atomic E-state index is 0. The SMILES string of the molecule is CCCCOc1ccc(OCCCN2CCOCC2)cc1.CCN(CC)CC(=O)Nc1c(C)cccc1C.Cl. The van der Waals surface area contributed by atoms with Crippen molar-refractivity contribution < 1.29 is 19.0 Å². The number of rotatable bonds is 14. The minimum absolute atomic E-state index is 0. The third-order valence-corrected chi connectivity index (χ3v) is 6.59. The van der Waals surface area contributed by atoms with Crippen LogP contribution in [0.15, 0.2) is 42.5 Å². The molecule has 39 heavy (non-hydrogen) atoms. The first-order chi connectivity index (χ1) is 18.5. The molecule has 0 atom stereocenters. The number of unbranched alkanes of at least 4 members (excludes halogenated alkanes) is 1. The summed E-state index contributed by atoms with van der Waals surface area (Å²) in [7, 11) is 0. The Bertz CT molecular complexity index is 896. The van der Waals surface area contributed by atoms with Crippen molar-refractivity contribution in [1.29, 1.82) is 0 Å². The van der Waals surface area contributed by atoms with Gasteiger partial charge >= 0.3 is 0 Å². The molecule has 0 aromatic heterocycles. The average Bonchev–Trinajstić information content (AvgIpc) is 2.94. The molecule has 0 aliphatic carbocycles. The van der Waals surface area contributed by atoms with Gasteiger partial charge in [-0.25, -0.2) is 0 Å². The Morgan fingerprint density at radius 1 is 0.897 bits per heavy atom. The Balaban J connectivity index is 0.000000389. The van der Waals surface area contributed by atoms with E-state index in [-0.39, 0.29) is 18.3 Å². The molecule has 1 heterocycles. The number of hydrogen-bond donors (Lipinski definition) is 1. The Morgan fingerprint density at radius 3 is 1.95 bits per heavy atom. The van der Waals surface area contributed by atoms with Crippen molar-refractivity contribution in [2.75, 3.05) is 71.0 Å². The van der Waals surface area contributed by atoms with E-state index in [1.54, 1.807) is 0 Å². The molecular formula is C31H50ClN3O4. The molecule has 0 bridgehead atoms. The summed E-state index contributed by atoms with van der Waals surface area (Å²) in [4.78, 5) is 16.4. The van der Waals surface area contributed by atoms with Gasteiger partial charge < -0.3 is 19.5 Å². The first-order valence-corrected chi connectivity index (χ1v) is 14.2. The maximum absolute atomic E-state index is 11.9. The lowest BCUT2D eigenvalue weighted by Crippen LogP contribution is -2.37. The molecule has 0 radical (unpaired) electrons. The molecule has 2 aromatic carbocycles. The van der Waals surface area contributed by atoms with Gasteiger partial charge in [0.2, 0.25) is 5.91 Å². The molecule has 1 saturated heterocycles. The third kappa shape index (κ3) is 14.0. The van der Waals surface area contributed by atoms with Crippen LogP contribution in [-0.2, 0) is 9.53 Å². The van der Waals surface area contributed by atoms with Crippen LogP contribution in [0, 0.1) is 13.8 Å². The van der Waals surface area contributed by atoms with Gasteiger partial charge in [-0.2, -0.15) is 0 Å². The van der Waals surface area contributed by atoms with E-state index >= 15 is 0 Å². The van der Waals surface area contributed by atoms with Crippen molar-refractivity contribution in [3.8, 4) is 11.5 Å². The summed E-state index contributed by atoms with van der Waals surface area (Å²) >= 11 is 0. The molecule has 1 aliphatic rings. The molecule has 0 unspecified atom stereocenters. The topological polar surface area (TPSA) is 63.3 Å². The number of anilines is 1. The molecule has 1 aliphatic heterocycles. The Morgan fingerprint density at radius 2 is 1.44 bits per heavy atom. The van der Waals surface area contributed by atoms with E-state index in [1.807, 2.05) is 56.3 Å². The van der Waals surface area contributed by atoms with Crippen molar-refractivity contribution in [3.63, 3.8) is 0 Å². The van der Waals surface area contributed by atoms with Gasteiger partial charge in [0.05, 0.1) is 33.0 Å². The number of hydrogen-bond acceptors (Lipinski definition) is 6. The van der Waals surface area contributed by atoms with Crippen LogP contribution in [0.25, 0.3) is 0 Å². The minimum Gasteiger partial charge on any atom is -0.494 e. The highest BCUT2D eigenvalue weighted by atomic mass is 35.5. The van der Waals surface area contributed by atoms with Crippen LogP contribution in [0.5, 0.6) is 11.5 Å². The highest BCUT2D eigenvalue weighted by Crippen LogP contribution is 2.19. The molecule has 220 valence electrons. The summed E-state index contributed by atoms with van der Waals surface area (Å²) in [6.45, 7) is 19.0. The van der Waals surface area contributed by atoms with E-state index in [1.165, 1.54) is 0 Å². The summed E-state index contributed by atoms with van der Waals surface area (Å²) in [6.07, 6.45) is 3.30. The smallest absolute Gasteiger partial charge is 0.238 e. The number of nitrogens with one attached hydrogen (secondary N) is 1. The predicted octanol–water partition coefficient (Wildman–Crippen LogP) is 5.97. The van der Waals surface area contributed by atoms with Gasteiger partial charge in [-0.1, -0.05) is 45.4 Å². The highest BCUT2D eigenvalue weighted by Gasteiger charge is 2.10. The molecule has 0 saturated carbocycles. The lowest BCUT2D eigenvalue weighted by atomic mass is 10.1. The average molecular weight is 564 g/mol. The number of nitrogens with zero attached hydrogens (tertiary/aromatic N) is 2. The number of carbonyl (C=O) groups excluding carboxylic acids is 1. The van der Waals surface area contributed by atoms with Crippen LogP contribution in [0.1, 0.15) is 51.2 Å². The van der Waals surface area contributed by atoms with E-state index < -0.39 is 0 Å². The molecule has 1 amide bonds. The fraction of sp³-hybridized carbons (Fsp3) is 0.581. The molecule has 2 aromatic rings. The van der Waals surface area contributed by atoms with E-state index in [4.69, 9.17) is 14.2 Å². The van der Waals surface area contributed by atoms with Crippen molar-refractivity contribution in [3.05, 3.63) is 53.6 Å². The standard InChI is InChI=1S/C17H27NO3.C14H22N2O.ClH/c1-2-3-12-20-16-5-7-17(8-6-16)21-13-4-9-18-10-14-19-15-11-18;1-5-16(6-2)10-13(17)15-14-11(3)8-7-9-12(14)4;/h5-8H,2-4,9-15H2,1H3;7-9H,5-6,10H2,1-4H3,(H,15,17);1H. The maximum atomic E-state index is 11.9. The first kappa shape index (κ1) is 34.7. The number of ether oxygens (including phenoxy) is 3. The number of morpholine rings is 1. The Labute approximate surface area is 242 Å². The second kappa shape index (κ2) is 20.6. The lowest BCUT2D eigenvalue weighted by Gasteiger charge is -2.26. The summed E-state index contributed by atoms with van der Waals surface area (Å²) in [5, 5.41) is 3.00. The van der Waals surface area contributed by atoms with Crippen LogP contribution in [0.4, 0.5) is 5.69 Å². The number of benzene rings is 2. The van der Waals surface area contributed by atoms with Crippen LogP contribution in [0.3, 0.4) is 0 Å². The number of carbonyl (C=O) groups is 1. The Hall–Kier alpha value is -2.32. The van der Waals surface area contributed by atoms with Gasteiger partial charge in [0.15, 0.2) is 0 Å². The van der Waals surface area contributed by atoms with Crippen molar-refractivity contribution >= 4 is 24.0 Å². The van der Waals surface area contributed by atoms with Gasteiger partial charge in [-0.05, 0) is 75.2 Å². The number of aryl methyl sites for hydroxylation is 2. The lowest BCUT2D eigenvalue weighted by molar-refractivity contribution is -0.117. The first-order valence-electron chi connectivity index (χ1n) is 14.2. The number of likely N-dealkylation sites (N-methyl/N-ethyl adjacent to an activating group) is 1. The van der Waals surface area contributed by atoms with E-state index in [2.05, 4.69) is 35.9 Å². The fourth-order valence-electron chi connectivity index (χ4n) is 4.11. The van der Waals surface area contributed by atoms with Crippen molar-refractivity contribution in [1.82, 2.24) is 9.80 Å². The maximum Gasteiger partial charge on any atom is 0.238 e. The van der Waals surface area contributed by atoms with Gasteiger partial charge in [-0.3, -0.25) is 14.6 Å².